The summed E-state index contributed by atoms with van der Waals surface area (Å²) >= 11 is 0. The van der Waals surface area contributed by atoms with Crippen LogP contribution < -0.4 is 21.3 Å². The maximum Gasteiger partial charge on any atom is 0.223 e. The van der Waals surface area contributed by atoms with Crippen molar-refractivity contribution in [3.63, 3.8) is 0 Å². The van der Waals surface area contributed by atoms with Crippen LogP contribution in [0, 0.1) is 11.8 Å². The van der Waals surface area contributed by atoms with Gasteiger partial charge in [-0.2, -0.15) is 0 Å². The van der Waals surface area contributed by atoms with Crippen molar-refractivity contribution in [2.45, 2.75) is 51.9 Å². The zero-order valence-electron chi connectivity index (χ0n) is 15.4. The molecule has 25 heavy (non-hydrogen) atoms. The van der Waals surface area contributed by atoms with Crippen molar-refractivity contribution in [2.24, 2.45) is 16.8 Å². The minimum Gasteiger partial charge on any atom is -0.357 e. The Morgan fingerprint density at radius 3 is 2.32 bits per heavy atom. The van der Waals surface area contributed by atoms with Gasteiger partial charge in [-0.15, -0.1) is 0 Å². The van der Waals surface area contributed by atoms with Crippen LogP contribution in [0.2, 0.25) is 0 Å². The number of amides is 2. The predicted octanol–water partition coefficient (Wildman–Crippen LogP) is 0.764. The van der Waals surface area contributed by atoms with Crippen molar-refractivity contribution < 1.29 is 9.59 Å². The van der Waals surface area contributed by atoms with Gasteiger partial charge in [0.1, 0.15) is 0 Å². The maximum absolute atomic E-state index is 11.9. The molecule has 0 aliphatic heterocycles. The number of hydrogen-bond donors (Lipinski definition) is 4. The Balaban J connectivity index is 1.55. The lowest BCUT2D eigenvalue weighted by Crippen LogP contribution is -2.42. The Bertz CT molecular complexity index is 456. The normalized spacial score (nSPS) is 18.0. The van der Waals surface area contributed by atoms with Crippen LogP contribution in [0.25, 0.3) is 0 Å². The van der Waals surface area contributed by atoms with Crippen LogP contribution in [-0.2, 0) is 9.59 Å². The van der Waals surface area contributed by atoms with Crippen LogP contribution in [0.15, 0.2) is 4.99 Å². The van der Waals surface area contributed by atoms with Gasteiger partial charge in [0.25, 0.3) is 0 Å². The van der Waals surface area contributed by atoms with Gasteiger partial charge in [-0.25, -0.2) is 0 Å². The maximum atomic E-state index is 11.9. The molecule has 0 aromatic heterocycles. The summed E-state index contributed by atoms with van der Waals surface area (Å²) in [5.74, 6) is 1.84. The van der Waals surface area contributed by atoms with Crippen molar-refractivity contribution in [2.75, 3.05) is 32.7 Å². The lowest BCUT2D eigenvalue weighted by atomic mass is 10.0. The quantitative estimate of drug-likeness (QED) is 0.266. The number of nitrogens with one attached hydrogen (secondary N) is 4. The fraction of sp³-hybridized carbons (Fsp3) is 0.833. The predicted molar refractivity (Wildman–Crippen MR) is 99.3 cm³/mol. The van der Waals surface area contributed by atoms with Gasteiger partial charge >= 0.3 is 0 Å². The highest BCUT2D eigenvalue weighted by Crippen LogP contribution is 2.28. The molecular formula is C18H33N5O2. The second-order valence-electron chi connectivity index (χ2n) is 6.96. The fourth-order valence-corrected chi connectivity index (χ4v) is 3.11. The summed E-state index contributed by atoms with van der Waals surface area (Å²) in [6, 6.07) is 0. The summed E-state index contributed by atoms with van der Waals surface area (Å²) < 4.78 is 0. The van der Waals surface area contributed by atoms with E-state index in [0.717, 1.165) is 19.4 Å². The highest BCUT2D eigenvalue weighted by molar-refractivity contribution is 5.81. The second kappa shape index (κ2) is 10.9. The highest BCUT2D eigenvalue weighted by atomic mass is 16.2. The lowest BCUT2D eigenvalue weighted by molar-refractivity contribution is -0.122. The number of aliphatic imine (C=N–C) groups is 1. The Kier molecular flexibility index (Phi) is 8.55. The Morgan fingerprint density at radius 2 is 1.64 bits per heavy atom. The smallest absolute Gasteiger partial charge is 0.223 e. The van der Waals surface area contributed by atoms with Crippen molar-refractivity contribution in [3.8, 4) is 0 Å². The van der Waals surface area contributed by atoms with E-state index in [0.29, 0.717) is 44.5 Å². The summed E-state index contributed by atoms with van der Waals surface area (Å²) in [5.41, 5.74) is 0. The third kappa shape index (κ3) is 8.23. The average Bonchev–Trinajstić information content (AvgIpc) is 3.33. The summed E-state index contributed by atoms with van der Waals surface area (Å²) in [6.07, 6.45) is 7.62. The molecule has 0 saturated heterocycles. The van der Waals surface area contributed by atoms with Crippen molar-refractivity contribution in [1.82, 2.24) is 21.3 Å². The third-order valence-corrected chi connectivity index (χ3v) is 4.66. The molecule has 0 heterocycles. The number of rotatable bonds is 10. The zero-order valence-corrected chi connectivity index (χ0v) is 15.4. The van der Waals surface area contributed by atoms with Gasteiger partial charge in [0, 0.05) is 38.5 Å². The number of nitrogens with zero attached hydrogens (tertiary/aromatic N) is 1. The summed E-state index contributed by atoms with van der Waals surface area (Å²) in [4.78, 5) is 27.9. The molecule has 0 bridgehead atoms. The molecule has 2 rings (SSSR count). The van der Waals surface area contributed by atoms with Gasteiger partial charge in [-0.3, -0.25) is 14.6 Å². The van der Waals surface area contributed by atoms with Gasteiger partial charge in [0.2, 0.25) is 11.8 Å². The van der Waals surface area contributed by atoms with E-state index in [1.807, 2.05) is 6.92 Å². The summed E-state index contributed by atoms with van der Waals surface area (Å²) in [5, 5.41) is 12.2. The molecule has 2 saturated carbocycles. The molecule has 142 valence electrons. The molecule has 7 heteroatoms. The Hall–Kier alpha value is -1.79. The SMILES string of the molecule is CCNC(=NCCNC(=O)CC1CCCC1)NCCNC(=O)C1CC1. The molecule has 0 atom stereocenters. The monoisotopic (exact) mass is 351 g/mol. The number of hydrogen-bond acceptors (Lipinski definition) is 3. The highest BCUT2D eigenvalue weighted by Gasteiger charge is 2.28. The molecule has 0 spiro atoms. The van der Waals surface area contributed by atoms with E-state index < -0.39 is 0 Å². The molecular weight excluding hydrogens is 318 g/mol. The van der Waals surface area contributed by atoms with Crippen LogP contribution in [-0.4, -0.2) is 50.5 Å². The van der Waals surface area contributed by atoms with Crippen LogP contribution in [0.5, 0.6) is 0 Å². The van der Waals surface area contributed by atoms with Crippen molar-refractivity contribution in [1.29, 1.82) is 0 Å². The number of carbonyl (C=O) groups is 2. The summed E-state index contributed by atoms with van der Waals surface area (Å²) in [6.45, 7) is 5.11. The van der Waals surface area contributed by atoms with Crippen molar-refractivity contribution >= 4 is 17.8 Å². The standard InChI is InChI=1S/C18H33N5O2/c1-2-19-18(23-12-10-21-17(25)15-7-8-15)22-11-9-20-16(24)13-14-5-3-4-6-14/h14-15H,2-13H2,1H3,(H,20,24)(H,21,25)(H2,19,22,23). The topological polar surface area (TPSA) is 94.6 Å². The van der Waals surface area contributed by atoms with E-state index in [9.17, 15) is 9.59 Å². The van der Waals surface area contributed by atoms with E-state index >= 15 is 0 Å². The van der Waals surface area contributed by atoms with Gasteiger partial charge in [-0.1, -0.05) is 12.8 Å². The van der Waals surface area contributed by atoms with E-state index in [4.69, 9.17) is 0 Å². The molecule has 4 N–H and O–H groups in total. The first-order valence-electron chi connectivity index (χ1n) is 9.75. The number of guanidine groups is 1. The molecule has 0 unspecified atom stereocenters. The molecule has 7 nitrogen and oxygen atoms in total. The Morgan fingerprint density at radius 1 is 0.920 bits per heavy atom. The lowest BCUT2D eigenvalue weighted by Gasteiger charge is -2.12. The van der Waals surface area contributed by atoms with Gasteiger partial charge in [0.05, 0.1) is 6.54 Å². The summed E-state index contributed by atoms with van der Waals surface area (Å²) in [7, 11) is 0. The Labute approximate surface area is 150 Å². The first kappa shape index (κ1) is 19.5. The van der Waals surface area contributed by atoms with Crippen LogP contribution in [0.1, 0.15) is 51.9 Å². The molecule has 2 fully saturated rings. The van der Waals surface area contributed by atoms with E-state index in [2.05, 4.69) is 26.3 Å². The van der Waals surface area contributed by atoms with E-state index in [1.165, 1.54) is 25.7 Å². The minimum absolute atomic E-state index is 0.142. The first-order valence-corrected chi connectivity index (χ1v) is 9.75. The first-order chi connectivity index (χ1) is 12.2. The molecule has 2 aliphatic rings. The van der Waals surface area contributed by atoms with Crippen LogP contribution in [0.3, 0.4) is 0 Å². The van der Waals surface area contributed by atoms with Gasteiger partial charge < -0.3 is 21.3 Å². The van der Waals surface area contributed by atoms with Gasteiger partial charge in [0.15, 0.2) is 5.96 Å². The van der Waals surface area contributed by atoms with Crippen LogP contribution >= 0.6 is 0 Å². The average molecular weight is 351 g/mol. The second-order valence-corrected chi connectivity index (χ2v) is 6.96. The van der Waals surface area contributed by atoms with E-state index in [1.54, 1.807) is 0 Å². The van der Waals surface area contributed by atoms with E-state index in [-0.39, 0.29) is 17.7 Å². The van der Waals surface area contributed by atoms with Crippen LogP contribution in [0.4, 0.5) is 0 Å². The molecule has 0 aromatic carbocycles. The molecule has 0 aromatic rings. The zero-order chi connectivity index (χ0) is 17.9. The number of carbonyl (C=O) groups excluding carboxylic acids is 2. The fourth-order valence-electron chi connectivity index (χ4n) is 3.11. The largest absolute Gasteiger partial charge is 0.357 e. The van der Waals surface area contributed by atoms with Crippen molar-refractivity contribution in [3.05, 3.63) is 0 Å². The third-order valence-electron chi connectivity index (χ3n) is 4.66. The minimum atomic E-state index is 0.142. The molecule has 0 radical (unpaired) electrons. The van der Waals surface area contributed by atoms with Gasteiger partial charge in [-0.05, 0) is 38.5 Å². The molecule has 2 amide bonds. The molecule has 2 aliphatic carbocycles.